The molecule has 1 aromatic carbocycles. The monoisotopic (exact) mass is 342 g/mol. The molecule has 3 fully saturated rings. The van der Waals surface area contributed by atoms with Crippen LogP contribution in [0.25, 0.3) is 0 Å². The van der Waals surface area contributed by atoms with Crippen molar-refractivity contribution < 1.29 is 13.6 Å². The van der Waals surface area contributed by atoms with Crippen molar-refractivity contribution in [2.24, 2.45) is 5.92 Å². The fourth-order valence-electron chi connectivity index (χ4n) is 4.11. The summed E-state index contributed by atoms with van der Waals surface area (Å²) in [5.74, 6) is -1.24. The molecule has 4 rings (SSSR count). The summed E-state index contributed by atoms with van der Waals surface area (Å²) < 4.78 is 27.0. The van der Waals surface area contributed by atoms with Gasteiger partial charge in [0.05, 0.1) is 0 Å². The highest BCUT2D eigenvalue weighted by Gasteiger charge is 2.46. The van der Waals surface area contributed by atoms with E-state index in [0.29, 0.717) is 24.1 Å². The summed E-state index contributed by atoms with van der Waals surface area (Å²) in [5, 5.41) is 6.66. The first kappa shape index (κ1) is 16.7. The Bertz CT molecular complexity index is 600. The van der Waals surface area contributed by atoms with Gasteiger partial charge in [-0.1, -0.05) is 0 Å². The number of rotatable bonds is 3. The third kappa shape index (κ3) is 3.36. The van der Waals surface area contributed by atoms with Crippen LogP contribution >= 0.6 is 12.4 Å². The molecule has 2 N–H and O–H groups in total. The summed E-state index contributed by atoms with van der Waals surface area (Å²) >= 11 is 0. The Labute approximate surface area is 140 Å². The van der Waals surface area contributed by atoms with E-state index in [2.05, 4.69) is 10.6 Å². The van der Waals surface area contributed by atoms with E-state index < -0.39 is 11.6 Å². The molecule has 1 aliphatic carbocycles. The molecule has 126 valence electrons. The average molecular weight is 343 g/mol. The van der Waals surface area contributed by atoms with Crippen LogP contribution in [0.3, 0.4) is 0 Å². The first-order valence-corrected chi connectivity index (χ1v) is 8.11. The Morgan fingerprint density at radius 3 is 2.52 bits per heavy atom. The van der Waals surface area contributed by atoms with Gasteiger partial charge in [-0.25, -0.2) is 8.78 Å². The van der Waals surface area contributed by atoms with Gasteiger partial charge in [0.15, 0.2) is 0 Å². The smallest absolute Gasteiger partial charge is 0.223 e. The standard InChI is InChI=1S/C17H20F2N2O.ClH/c18-9-1-4-16(19)14(5-9)13-8-15(13)17(22)21-12-6-10-2-3-11(7-12)20-10;/h1,4-5,10-13,15,20H,2-3,6-8H2,(H,21,22);1H. The molecule has 4 unspecified atom stereocenters. The van der Waals surface area contributed by atoms with Crippen LogP contribution in [0.5, 0.6) is 0 Å². The number of piperidine rings is 1. The first-order valence-electron chi connectivity index (χ1n) is 8.11. The molecule has 6 heteroatoms. The van der Waals surface area contributed by atoms with Crippen molar-refractivity contribution in [1.29, 1.82) is 0 Å². The molecule has 23 heavy (non-hydrogen) atoms. The molecule has 3 aliphatic rings. The minimum absolute atomic E-state index is 0. The summed E-state index contributed by atoms with van der Waals surface area (Å²) in [6, 6.07) is 4.76. The lowest BCUT2D eigenvalue weighted by molar-refractivity contribution is -0.123. The van der Waals surface area contributed by atoms with Crippen LogP contribution in [0.4, 0.5) is 8.78 Å². The molecule has 0 spiro atoms. The highest BCUT2D eigenvalue weighted by atomic mass is 35.5. The van der Waals surface area contributed by atoms with Gasteiger partial charge in [0.25, 0.3) is 0 Å². The number of carbonyl (C=O) groups excluding carboxylic acids is 1. The van der Waals surface area contributed by atoms with Crippen LogP contribution in [0.2, 0.25) is 0 Å². The lowest BCUT2D eigenvalue weighted by Crippen LogP contribution is -2.48. The highest BCUT2D eigenvalue weighted by Crippen LogP contribution is 2.48. The Morgan fingerprint density at radius 1 is 1.13 bits per heavy atom. The molecule has 2 aliphatic heterocycles. The Kier molecular flexibility index (Phi) is 4.61. The molecule has 4 atom stereocenters. The lowest BCUT2D eigenvalue weighted by atomic mass is 9.99. The number of halogens is 3. The van der Waals surface area contributed by atoms with E-state index in [-0.39, 0.29) is 36.2 Å². The van der Waals surface area contributed by atoms with E-state index in [0.717, 1.165) is 25.0 Å². The Morgan fingerprint density at radius 2 is 1.83 bits per heavy atom. The molecular formula is C17H21ClF2N2O. The Balaban J connectivity index is 0.00000156. The van der Waals surface area contributed by atoms with Crippen molar-refractivity contribution in [2.75, 3.05) is 0 Å². The second-order valence-corrected chi connectivity index (χ2v) is 6.93. The number of fused-ring (bicyclic) bond motifs is 2. The predicted molar refractivity (Wildman–Crippen MR) is 85.6 cm³/mol. The summed E-state index contributed by atoms with van der Waals surface area (Å²) in [5.41, 5.74) is 0.338. The number of carbonyl (C=O) groups is 1. The average Bonchev–Trinajstić information content (AvgIpc) is 3.21. The minimum Gasteiger partial charge on any atom is -0.353 e. The second kappa shape index (κ2) is 6.36. The van der Waals surface area contributed by atoms with E-state index in [1.54, 1.807) is 0 Å². The molecule has 2 saturated heterocycles. The third-order valence-electron chi connectivity index (χ3n) is 5.30. The third-order valence-corrected chi connectivity index (χ3v) is 5.30. The number of hydrogen-bond acceptors (Lipinski definition) is 2. The molecule has 1 aromatic rings. The largest absolute Gasteiger partial charge is 0.353 e. The van der Waals surface area contributed by atoms with Gasteiger partial charge >= 0.3 is 0 Å². The molecule has 1 amide bonds. The molecule has 0 aromatic heterocycles. The summed E-state index contributed by atoms with van der Waals surface area (Å²) in [6.07, 6.45) is 4.96. The molecule has 3 nitrogen and oxygen atoms in total. The van der Waals surface area contributed by atoms with Crippen molar-refractivity contribution in [1.82, 2.24) is 10.6 Å². The van der Waals surface area contributed by atoms with Crippen LogP contribution in [0.1, 0.15) is 43.6 Å². The number of benzene rings is 1. The van der Waals surface area contributed by atoms with E-state index in [1.165, 1.54) is 18.9 Å². The molecule has 1 saturated carbocycles. The van der Waals surface area contributed by atoms with Gasteiger partial charge in [-0.15, -0.1) is 12.4 Å². The molecule has 2 bridgehead atoms. The van der Waals surface area contributed by atoms with Gasteiger partial charge in [0, 0.05) is 24.0 Å². The molecular weight excluding hydrogens is 322 g/mol. The normalized spacial score (nSPS) is 34.6. The van der Waals surface area contributed by atoms with Crippen molar-refractivity contribution in [3.8, 4) is 0 Å². The first-order chi connectivity index (χ1) is 10.6. The highest BCUT2D eigenvalue weighted by molar-refractivity contribution is 5.85. The maximum Gasteiger partial charge on any atom is 0.223 e. The predicted octanol–water partition coefficient (Wildman–Crippen LogP) is 2.89. The lowest BCUT2D eigenvalue weighted by Gasteiger charge is -2.29. The minimum atomic E-state index is -0.447. The Hall–Kier alpha value is -1.20. The van der Waals surface area contributed by atoms with Crippen LogP contribution < -0.4 is 10.6 Å². The van der Waals surface area contributed by atoms with Crippen molar-refractivity contribution in [2.45, 2.75) is 56.1 Å². The maximum absolute atomic E-state index is 13.8. The molecule has 0 radical (unpaired) electrons. The van der Waals surface area contributed by atoms with E-state index in [4.69, 9.17) is 0 Å². The van der Waals surface area contributed by atoms with Gasteiger partial charge in [-0.05, 0) is 61.8 Å². The van der Waals surface area contributed by atoms with Crippen molar-refractivity contribution >= 4 is 18.3 Å². The number of amides is 1. The van der Waals surface area contributed by atoms with Crippen molar-refractivity contribution in [3.63, 3.8) is 0 Å². The summed E-state index contributed by atoms with van der Waals surface area (Å²) in [7, 11) is 0. The maximum atomic E-state index is 13.8. The summed E-state index contributed by atoms with van der Waals surface area (Å²) in [6.45, 7) is 0. The van der Waals surface area contributed by atoms with Crippen LogP contribution in [-0.4, -0.2) is 24.0 Å². The van der Waals surface area contributed by atoms with E-state index >= 15 is 0 Å². The van der Waals surface area contributed by atoms with Crippen molar-refractivity contribution in [3.05, 3.63) is 35.4 Å². The SMILES string of the molecule is Cl.O=C(NC1CC2CCC(C1)N2)C1CC1c1cc(F)ccc1F. The van der Waals surface area contributed by atoms with E-state index in [9.17, 15) is 13.6 Å². The van der Waals surface area contributed by atoms with Crippen LogP contribution in [0, 0.1) is 17.6 Å². The van der Waals surface area contributed by atoms with Gasteiger partial charge in [-0.2, -0.15) is 0 Å². The zero-order chi connectivity index (χ0) is 15.3. The fraction of sp³-hybridized carbons (Fsp3) is 0.588. The second-order valence-electron chi connectivity index (χ2n) is 6.93. The van der Waals surface area contributed by atoms with Crippen LogP contribution in [0.15, 0.2) is 18.2 Å². The van der Waals surface area contributed by atoms with Gasteiger partial charge in [-0.3, -0.25) is 4.79 Å². The zero-order valence-corrected chi connectivity index (χ0v) is 13.5. The van der Waals surface area contributed by atoms with E-state index in [1.807, 2.05) is 0 Å². The number of hydrogen-bond donors (Lipinski definition) is 2. The summed E-state index contributed by atoms with van der Waals surface area (Å²) in [4.78, 5) is 12.3. The fourth-order valence-corrected chi connectivity index (χ4v) is 4.11. The number of nitrogens with one attached hydrogen (secondary N) is 2. The molecule has 2 heterocycles. The van der Waals surface area contributed by atoms with Gasteiger partial charge in [0.1, 0.15) is 11.6 Å². The van der Waals surface area contributed by atoms with Crippen LogP contribution in [-0.2, 0) is 4.79 Å². The van der Waals surface area contributed by atoms with Gasteiger partial charge < -0.3 is 10.6 Å². The topological polar surface area (TPSA) is 41.1 Å². The van der Waals surface area contributed by atoms with Gasteiger partial charge in [0.2, 0.25) is 5.91 Å². The zero-order valence-electron chi connectivity index (χ0n) is 12.7. The quantitative estimate of drug-likeness (QED) is 0.887.